The molecule has 1 heterocycles. The first kappa shape index (κ1) is 13.9. The van der Waals surface area contributed by atoms with Gasteiger partial charge in [0.15, 0.2) is 0 Å². The molecule has 2 rings (SSSR count). The zero-order valence-electron chi connectivity index (χ0n) is 11.3. The first-order chi connectivity index (χ1) is 9.08. The fraction of sp³-hybridized carbons (Fsp3) is 0.714. The highest BCUT2D eigenvalue weighted by molar-refractivity contribution is 5.77. The van der Waals surface area contributed by atoms with Crippen molar-refractivity contribution in [2.75, 3.05) is 19.6 Å². The Morgan fingerprint density at radius 1 is 1.37 bits per heavy atom. The molecule has 1 unspecified atom stereocenters. The number of hydrogen-bond donors (Lipinski definition) is 2. The van der Waals surface area contributed by atoms with E-state index < -0.39 is 11.9 Å². The van der Waals surface area contributed by atoms with Gasteiger partial charge >= 0.3 is 12.0 Å². The van der Waals surface area contributed by atoms with Crippen LogP contribution in [0, 0.1) is 17.8 Å². The summed E-state index contributed by atoms with van der Waals surface area (Å²) < 4.78 is 0. The number of nitrogens with one attached hydrogen (secondary N) is 1. The molecule has 19 heavy (non-hydrogen) atoms. The molecule has 3 atom stereocenters. The predicted molar refractivity (Wildman–Crippen MR) is 71.7 cm³/mol. The molecule has 0 bridgehead atoms. The maximum atomic E-state index is 12.0. The van der Waals surface area contributed by atoms with Gasteiger partial charge in [-0.05, 0) is 31.1 Å². The monoisotopic (exact) mass is 266 g/mol. The number of urea groups is 1. The standard InChI is InChI=1S/C14H22N2O3/c1-10-8-16(9-12(10)13(17)18)14(19)15-7-11-5-3-2-4-6-11/h2-3,10-12H,4-9H2,1H3,(H,15,19)(H,17,18)/t10-,11?,12-/m1/s1. The van der Waals surface area contributed by atoms with Gasteiger partial charge in [0.05, 0.1) is 5.92 Å². The molecule has 5 nitrogen and oxygen atoms in total. The summed E-state index contributed by atoms with van der Waals surface area (Å²) in [5, 5.41) is 12.0. The Bertz CT molecular complexity index is 381. The van der Waals surface area contributed by atoms with Gasteiger partial charge in [0.2, 0.25) is 0 Å². The Labute approximate surface area is 113 Å². The van der Waals surface area contributed by atoms with Gasteiger partial charge in [-0.25, -0.2) is 4.79 Å². The van der Waals surface area contributed by atoms with Crippen molar-refractivity contribution in [3.05, 3.63) is 12.2 Å². The number of carbonyl (C=O) groups is 2. The van der Waals surface area contributed by atoms with E-state index in [-0.39, 0.29) is 11.9 Å². The molecule has 2 N–H and O–H groups in total. The Hall–Kier alpha value is -1.52. The second-order valence-electron chi connectivity index (χ2n) is 5.66. The molecule has 1 aliphatic carbocycles. The minimum atomic E-state index is -0.805. The van der Waals surface area contributed by atoms with Gasteiger partial charge < -0.3 is 15.3 Å². The molecule has 0 aromatic rings. The summed E-state index contributed by atoms with van der Waals surface area (Å²) >= 11 is 0. The lowest BCUT2D eigenvalue weighted by atomic mass is 9.94. The summed E-state index contributed by atoms with van der Waals surface area (Å²) in [6, 6.07) is -0.120. The molecule has 1 saturated heterocycles. The average molecular weight is 266 g/mol. The lowest BCUT2D eigenvalue weighted by Crippen LogP contribution is -2.41. The van der Waals surface area contributed by atoms with Crippen LogP contribution in [0.15, 0.2) is 12.2 Å². The summed E-state index contributed by atoms with van der Waals surface area (Å²) in [7, 11) is 0. The fourth-order valence-electron chi connectivity index (χ4n) is 2.84. The summed E-state index contributed by atoms with van der Waals surface area (Å²) in [6.07, 6.45) is 7.57. The van der Waals surface area contributed by atoms with Crippen molar-refractivity contribution in [3.8, 4) is 0 Å². The van der Waals surface area contributed by atoms with E-state index in [2.05, 4.69) is 17.5 Å². The van der Waals surface area contributed by atoms with Crippen LogP contribution in [0.25, 0.3) is 0 Å². The third-order valence-corrected chi connectivity index (χ3v) is 4.14. The molecule has 5 heteroatoms. The summed E-state index contributed by atoms with van der Waals surface area (Å²) in [4.78, 5) is 24.7. The van der Waals surface area contributed by atoms with E-state index in [4.69, 9.17) is 5.11 Å². The van der Waals surface area contributed by atoms with Gasteiger partial charge in [-0.2, -0.15) is 0 Å². The number of likely N-dealkylation sites (tertiary alicyclic amines) is 1. The van der Waals surface area contributed by atoms with E-state index in [0.29, 0.717) is 25.6 Å². The summed E-state index contributed by atoms with van der Waals surface area (Å²) in [5.41, 5.74) is 0. The number of carbonyl (C=O) groups excluding carboxylic acids is 1. The van der Waals surface area contributed by atoms with Crippen molar-refractivity contribution in [1.82, 2.24) is 10.2 Å². The van der Waals surface area contributed by atoms with Gasteiger partial charge in [0.1, 0.15) is 0 Å². The Morgan fingerprint density at radius 2 is 2.16 bits per heavy atom. The maximum Gasteiger partial charge on any atom is 0.317 e. The number of carboxylic acid groups (broad SMARTS) is 1. The first-order valence-corrected chi connectivity index (χ1v) is 6.98. The molecule has 106 valence electrons. The summed E-state index contributed by atoms with van der Waals surface area (Å²) in [5.74, 6) is -0.686. The normalized spacial score (nSPS) is 30.4. The largest absolute Gasteiger partial charge is 0.481 e. The lowest BCUT2D eigenvalue weighted by molar-refractivity contribution is -0.142. The van der Waals surface area contributed by atoms with Crippen LogP contribution < -0.4 is 5.32 Å². The number of hydrogen-bond acceptors (Lipinski definition) is 2. The third kappa shape index (κ3) is 3.49. The SMILES string of the molecule is C[C@@H]1CN(C(=O)NCC2CC=CCC2)C[C@H]1C(=O)O. The van der Waals surface area contributed by atoms with E-state index in [9.17, 15) is 9.59 Å². The van der Waals surface area contributed by atoms with Crippen molar-refractivity contribution >= 4 is 12.0 Å². The van der Waals surface area contributed by atoms with Gasteiger partial charge in [0.25, 0.3) is 0 Å². The van der Waals surface area contributed by atoms with Crippen LogP contribution in [-0.4, -0.2) is 41.6 Å². The molecule has 1 fully saturated rings. The van der Waals surface area contributed by atoms with Gasteiger partial charge in [-0.3, -0.25) is 4.79 Å². The minimum Gasteiger partial charge on any atom is -0.481 e. The van der Waals surface area contributed by atoms with Crippen LogP contribution in [0.2, 0.25) is 0 Å². The number of aliphatic carboxylic acids is 1. The smallest absolute Gasteiger partial charge is 0.317 e. The predicted octanol–water partition coefficient (Wildman–Crippen LogP) is 1.70. The maximum absolute atomic E-state index is 12.0. The molecule has 2 aliphatic rings. The zero-order valence-corrected chi connectivity index (χ0v) is 11.3. The first-order valence-electron chi connectivity index (χ1n) is 6.98. The van der Waals surface area contributed by atoms with Crippen LogP contribution in [0.1, 0.15) is 26.2 Å². The van der Waals surface area contributed by atoms with Crippen LogP contribution >= 0.6 is 0 Å². The van der Waals surface area contributed by atoms with Crippen LogP contribution in [0.5, 0.6) is 0 Å². The Balaban J connectivity index is 1.77. The van der Waals surface area contributed by atoms with Crippen LogP contribution in [-0.2, 0) is 4.79 Å². The van der Waals surface area contributed by atoms with E-state index >= 15 is 0 Å². The number of rotatable bonds is 3. The lowest BCUT2D eigenvalue weighted by Gasteiger charge is -2.21. The van der Waals surface area contributed by atoms with Crippen molar-refractivity contribution in [2.24, 2.45) is 17.8 Å². The Kier molecular flexibility index (Phi) is 4.45. The fourth-order valence-corrected chi connectivity index (χ4v) is 2.84. The van der Waals surface area contributed by atoms with Crippen LogP contribution in [0.3, 0.4) is 0 Å². The second kappa shape index (κ2) is 6.08. The van der Waals surface area contributed by atoms with Gasteiger partial charge in [-0.1, -0.05) is 19.1 Å². The highest BCUT2D eigenvalue weighted by Gasteiger charge is 2.36. The average Bonchev–Trinajstić information content (AvgIpc) is 2.79. The minimum absolute atomic E-state index is 0.0286. The van der Waals surface area contributed by atoms with Crippen molar-refractivity contribution in [3.63, 3.8) is 0 Å². The summed E-state index contributed by atoms with van der Waals surface area (Å²) in [6.45, 7) is 3.43. The molecule has 1 aliphatic heterocycles. The van der Waals surface area contributed by atoms with E-state index in [1.165, 1.54) is 0 Å². The molecule has 0 spiro atoms. The van der Waals surface area contributed by atoms with Crippen molar-refractivity contribution in [1.29, 1.82) is 0 Å². The topological polar surface area (TPSA) is 69.6 Å². The molecule has 0 aromatic heterocycles. The Morgan fingerprint density at radius 3 is 2.74 bits per heavy atom. The number of nitrogens with zero attached hydrogens (tertiary/aromatic N) is 1. The van der Waals surface area contributed by atoms with E-state index in [0.717, 1.165) is 19.3 Å². The molecular weight excluding hydrogens is 244 g/mol. The molecule has 0 saturated carbocycles. The molecular formula is C14H22N2O3. The van der Waals surface area contributed by atoms with Crippen LogP contribution in [0.4, 0.5) is 4.79 Å². The highest BCUT2D eigenvalue weighted by Crippen LogP contribution is 2.23. The number of amides is 2. The number of carboxylic acids is 1. The zero-order chi connectivity index (χ0) is 13.8. The molecule has 0 radical (unpaired) electrons. The van der Waals surface area contributed by atoms with E-state index in [1.807, 2.05) is 6.92 Å². The van der Waals surface area contributed by atoms with Gasteiger partial charge in [0, 0.05) is 19.6 Å². The van der Waals surface area contributed by atoms with Gasteiger partial charge in [-0.15, -0.1) is 0 Å². The quantitative estimate of drug-likeness (QED) is 0.764. The van der Waals surface area contributed by atoms with Crippen molar-refractivity contribution < 1.29 is 14.7 Å². The second-order valence-corrected chi connectivity index (χ2v) is 5.66. The van der Waals surface area contributed by atoms with Crippen molar-refractivity contribution in [2.45, 2.75) is 26.2 Å². The molecule has 2 amide bonds. The third-order valence-electron chi connectivity index (χ3n) is 4.14. The number of allylic oxidation sites excluding steroid dienone is 2. The highest BCUT2D eigenvalue weighted by atomic mass is 16.4. The molecule has 0 aromatic carbocycles. The van der Waals surface area contributed by atoms with E-state index in [1.54, 1.807) is 4.90 Å².